The Bertz CT molecular complexity index is 515. The molecule has 1 aromatic rings. The van der Waals surface area contributed by atoms with E-state index >= 15 is 0 Å². The molecule has 1 aliphatic rings. The summed E-state index contributed by atoms with van der Waals surface area (Å²) in [5, 5.41) is 2.94. The highest BCUT2D eigenvalue weighted by Gasteiger charge is 2.41. The maximum absolute atomic E-state index is 12.4. The quantitative estimate of drug-likeness (QED) is 0.853. The van der Waals surface area contributed by atoms with Gasteiger partial charge in [0.05, 0.1) is 17.5 Å². The van der Waals surface area contributed by atoms with E-state index in [9.17, 15) is 9.36 Å². The van der Waals surface area contributed by atoms with Crippen molar-refractivity contribution in [1.82, 2.24) is 5.09 Å². The van der Waals surface area contributed by atoms with Gasteiger partial charge in [-0.3, -0.25) is 14.4 Å². The molecule has 0 aromatic heterocycles. The summed E-state index contributed by atoms with van der Waals surface area (Å²) in [6, 6.07) is 3.49. The Labute approximate surface area is 102 Å². The summed E-state index contributed by atoms with van der Waals surface area (Å²) in [6.07, 6.45) is 0. The van der Waals surface area contributed by atoms with Crippen molar-refractivity contribution in [2.75, 3.05) is 6.61 Å². The van der Waals surface area contributed by atoms with Crippen LogP contribution in [-0.2, 0) is 9.09 Å². The van der Waals surface area contributed by atoms with E-state index in [2.05, 4.69) is 21.0 Å². The van der Waals surface area contributed by atoms with Crippen LogP contribution >= 0.6 is 23.4 Å². The van der Waals surface area contributed by atoms with Gasteiger partial charge < -0.3 is 4.52 Å². The van der Waals surface area contributed by atoms with Crippen LogP contribution in [0.4, 0.5) is 0 Å². The van der Waals surface area contributed by atoms with Gasteiger partial charge in [0.15, 0.2) is 0 Å². The highest BCUT2D eigenvalue weighted by atomic mass is 79.9. The minimum Gasteiger partial charge on any atom is -0.310 e. The lowest BCUT2D eigenvalue weighted by atomic mass is 10.1. The molecule has 0 saturated carbocycles. The molecular formula is C10H11BrNO3P. The van der Waals surface area contributed by atoms with Gasteiger partial charge in [-0.1, -0.05) is 15.9 Å². The molecule has 0 aliphatic carbocycles. The summed E-state index contributed by atoms with van der Waals surface area (Å²) in [6.45, 7) is 3.86. The molecular weight excluding hydrogens is 293 g/mol. The van der Waals surface area contributed by atoms with Crippen molar-refractivity contribution in [3.8, 4) is 0 Å². The van der Waals surface area contributed by atoms with E-state index in [-0.39, 0.29) is 5.91 Å². The third kappa shape index (κ3) is 1.73. The van der Waals surface area contributed by atoms with Gasteiger partial charge in [-0.25, -0.2) is 0 Å². The van der Waals surface area contributed by atoms with E-state index in [4.69, 9.17) is 4.52 Å². The third-order valence-corrected chi connectivity index (χ3v) is 5.12. The fourth-order valence-corrected chi connectivity index (χ4v) is 4.47. The second-order valence-corrected chi connectivity index (χ2v) is 6.48. The van der Waals surface area contributed by atoms with E-state index in [1.54, 1.807) is 13.0 Å². The van der Waals surface area contributed by atoms with E-state index < -0.39 is 7.52 Å². The van der Waals surface area contributed by atoms with Gasteiger partial charge in [0.1, 0.15) is 0 Å². The van der Waals surface area contributed by atoms with Crippen molar-refractivity contribution in [2.45, 2.75) is 13.8 Å². The number of nitrogens with one attached hydrogen (secondary N) is 1. The van der Waals surface area contributed by atoms with Gasteiger partial charge in [0.2, 0.25) is 0 Å². The molecule has 1 amide bonds. The highest BCUT2D eigenvalue weighted by molar-refractivity contribution is 9.10. The Morgan fingerprint density at radius 2 is 2.19 bits per heavy atom. The first-order valence-corrected chi connectivity index (χ1v) is 7.27. The second kappa shape index (κ2) is 3.99. The standard InChI is InChI=1S/C10H11BrNO3P/c1-3-15-16(14)9-6(2)4-7(11)5-8(9)10(13)12-16/h4-5H,3H2,1-2H3,(H,12,13,14). The highest BCUT2D eigenvalue weighted by Crippen LogP contribution is 2.47. The van der Waals surface area contributed by atoms with Crippen LogP contribution in [0, 0.1) is 6.92 Å². The molecule has 0 saturated heterocycles. The molecule has 1 heterocycles. The normalized spacial score (nSPS) is 23.1. The number of halogens is 1. The topological polar surface area (TPSA) is 55.4 Å². The molecule has 86 valence electrons. The van der Waals surface area contributed by atoms with Crippen molar-refractivity contribution in [3.05, 3.63) is 27.7 Å². The average molecular weight is 304 g/mol. The van der Waals surface area contributed by atoms with E-state index in [1.165, 1.54) is 0 Å². The largest absolute Gasteiger partial charge is 0.327 e. The monoisotopic (exact) mass is 303 g/mol. The minimum absolute atomic E-state index is 0.298. The number of amides is 1. The van der Waals surface area contributed by atoms with Crippen molar-refractivity contribution < 1.29 is 13.9 Å². The lowest BCUT2D eigenvalue weighted by Gasteiger charge is -2.13. The van der Waals surface area contributed by atoms with Gasteiger partial charge in [0.25, 0.3) is 5.91 Å². The molecule has 0 bridgehead atoms. The number of carbonyl (C=O) groups excluding carboxylic acids is 1. The Hall–Kier alpha value is -0.640. The van der Waals surface area contributed by atoms with Crippen LogP contribution in [0.5, 0.6) is 0 Å². The van der Waals surface area contributed by atoms with Crippen LogP contribution in [0.15, 0.2) is 16.6 Å². The first kappa shape index (κ1) is 11.8. The number of aryl methyl sites for hydroxylation is 1. The summed E-state index contributed by atoms with van der Waals surface area (Å²) in [4.78, 5) is 11.7. The molecule has 0 fully saturated rings. The van der Waals surface area contributed by atoms with E-state index in [0.717, 1.165) is 10.0 Å². The van der Waals surface area contributed by atoms with Crippen LogP contribution < -0.4 is 10.4 Å². The average Bonchev–Trinajstić information content (AvgIpc) is 2.38. The minimum atomic E-state index is -3.19. The van der Waals surface area contributed by atoms with Crippen LogP contribution in [-0.4, -0.2) is 12.5 Å². The number of benzene rings is 1. The zero-order valence-electron chi connectivity index (χ0n) is 8.91. The Morgan fingerprint density at radius 3 is 2.81 bits per heavy atom. The lowest BCUT2D eigenvalue weighted by molar-refractivity contribution is 0.0982. The zero-order chi connectivity index (χ0) is 11.9. The van der Waals surface area contributed by atoms with E-state index in [1.807, 2.05) is 13.0 Å². The summed E-state index contributed by atoms with van der Waals surface area (Å²) in [7, 11) is -3.19. The van der Waals surface area contributed by atoms with Crippen LogP contribution in [0.1, 0.15) is 22.8 Å². The van der Waals surface area contributed by atoms with Gasteiger partial charge in [-0.15, -0.1) is 0 Å². The predicted molar refractivity (Wildman–Crippen MR) is 65.2 cm³/mol. The van der Waals surface area contributed by atoms with Crippen molar-refractivity contribution >= 4 is 34.7 Å². The fourth-order valence-electron chi connectivity index (χ4n) is 1.83. The van der Waals surface area contributed by atoms with Gasteiger partial charge in [-0.05, 0) is 31.5 Å². The maximum Gasteiger partial charge on any atom is 0.327 e. The van der Waals surface area contributed by atoms with Crippen molar-refractivity contribution in [3.63, 3.8) is 0 Å². The Kier molecular flexibility index (Phi) is 2.95. The number of rotatable bonds is 2. The molecule has 0 radical (unpaired) electrons. The first-order valence-electron chi connectivity index (χ1n) is 4.86. The molecule has 0 spiro atoms. The SMILES string of the molecule is CCOP1(=O)NC(=O)c2cc(Br)cc(C)c21. The molecule has 1 aromatic carbocycles. The zero-order valence-corrected chi connectivity index (χ0v) is 11.4. The molecule has 1 unspecified atom stereocenters. The van der Waals surface area contributed by atoms with Crippen LogP contribution in [0.2, 0.25) is 0 Å². The number of hydrogen-bond donors (Lipinski definition) is 1. The van der Waals surface area contributed by atoms with Crippen molar-refractivity contribution in [2.24, 2.45) is 0 Å². The number of fused-ring (bicyclic) bond motifs is 1. The lowest BCUT2D eigenvalue weighted by Crippen LogP contribution is -2.15. The van der Waals surface area contributed by atoms with Crippen LogP contribution in [0.25, 0.3) is 0 Å². The summed E-state index contributed by atoms with van der Waals surface area (Å²) < 4.78 is 18.4. The molecule has 2 rings (SSSR count). The van der Waals surface area contributed by atoms with Crippen molar-refractivity contribution in [1.29, 1.82) is 0 Å². The Balaban J connectivity index is 2.66. The first-order chi connectivity index (χ1) is 7.48. The fraction of sp³-hybridized carbons (Fsp3) is 0.300. The number of carbonyl (C=O) groups is 1. The van der Waals surface area contributed by atoms with Gasteiger partial charge >= 0.3 is 7.52 Å². The van der Waals surface area contributed by atoms with Gasteiger partial charge in [0, 0.05) is 4.47 Å². The molecule has 1 atom stereocenters. The molecule has 4 nitrogen and oxygen atoms in total. The maximum atomic E-state index is 12.4. The molecule has 6 heteroatoms. The van der Waals surface area contributed by atoms with Crippen LogP contribution in [0.3, 0.4) is 0 Å². The van der Waals surface area contributed by atoms with E-state index in [0.29, 0.717) is 17.5 Å². The Morgan fingerprint density at radius 1 is 1.50 bits per heavy atom. The summed E-state index contributed by atoms with van der Waals surface area (Å²) in [5.41, 5.74) is 1.23. The molecule has 16 heavy (non-hydrogen) atoms. The molecule has 1 N–H and O–H groups in total. The summed E-state index contributed by atoms with van der Waals surface area (Å²) in [5.74, 6) is -0.337. The van der Waals surface area contributed by atoms with Gasteiger partial charge in [-0.2, -0.15) is 0 Å². The third-order valence-electron chi connectivity index (χ3n) is 2.36. The predicted octanol–water partition coefficient (Wildman–Crippen LogP) is 2.36. The molecule has 1 aliphatic heterocycles. The number of hydrogen-bond acceptors (Lipinski definition) is 3. The summed E-state index contributed by atoms with van der Waals surface area (Å²) >= 11 is 3.31. The smallest absolute Gasteiger partial charge is 0.310 e. The second-order valence-electron chi connectivity index (χ2n) is 3.53.